The van der Waals surface area contributed by atoms with Crippen molar-refractivity contribution >= 4 is 17.6 Å². The lowest BCUT2D eigenvalue weighted by Gasteiger charge is -2.14. The van der Waals surface area contributed by atoms with Crippen molar-refractivity contribution in [2.75, 3.05) is 0 Å². The predicted octanol–water partition coefficient (Wildman–Crippen LogP) is 3.53. The van der Waals surface area contributed by atoms with Crippen LogP contribution in [0.3, 0.4) is 0 Å². The van der Waals surface area contributed by atoms with Gasteiger partial charge in [0, 0.05) is 13.0 Å². The first kappa shape index (κ1) is 15.6. The maximum Gasteiger partial charge on any atom is 0.311 e. The minimum absolute atomic E-state index is 0.346. The Hall–Kier alpha value is -1.81. The third kappa shape index (κ3) is 3.27. The second-order valence-electron chi connectivity index (χ2n) is 4.88. The maximum absolute atomic E-state index is 11.6. The van der Waals surface area contributed by atoms with Crippen LogP contribution in [0.15, 0.2) is 30.3 Å². The molecule has 0 aliphatic heterocycles. The van der Waals surface area contributed by atoms with E-state index in [1.165, 1.54) is 0 Å². The molecule has 0 bridgehead atoms. The van der Waals surface area contributed by atoms with Gasteiger partial charge in [-0.3, -0.25) is 9.48 Å². The van der Waals surface area contributed by atoms with Gasteiger partial charge >= 0.3 is 5.97 Å². The molecule has 0 spiro atoms. The number of aliphatic carboxylic acids is 1. The molecule has 0 aliphatic rings. The number of carbonyl (C=O) groups is 1. The Bertz CT molecular complexity index is 623. The third-order valence-electron chi connectivity index (χ3n) is 3.59. The summed E-state index contributed by atoms with van der Waals surface area (Å²) in [5.74, 6) is -1.46. The van der Waals surface area contributed by atoms with Crippen LogP contribution < -0.4 is 0 Å². The summed E-state index contributed by atoms with van der Waals surface area (Å²) in [5, 5.41) is 14.6. The Balaban J connectivity index is 2.38. The summed E-state index contributed by atoms with van der Waals surface area (Å²) in [6.07, 6.45) is 1.08. The molecule has 4 nitrogen and oxygen atoms in total. The quantitative estimate of drug-likeness (QED) is 0.888. The van der Waals surface area contributed by atoms with Crippen molar-refractivity contribution in [3.05, 3.63) is 52.3 Å². The number of nitrogens with zero attached hydrogens (tertiary/aromatic N) is 2. The normalized spacial score (nSPS) is 12.3. The number of carboxylic acids is 1. The first-order chi connectivity index (χ1) is 10.1. The van der Waals surface area contributed by atoms with Crippen LogP contribution in [0.1, 0.15) is 36.7 Å². The summed E-state index contributed by atoms with van der Waals surface area (Å²) < 4.78 is 1.81. The second kappa shape index (κ2) is 6.76. The first-order valence-electron chi connectivity index (χ1n) is 7.10. The molecule has 0 amide bonds. The molecule has 2 aromatic rings. The predicted molar refractivity (Wildman–Crippen MR) is 82.8 cm³/mol. The Morgan fingerprint density at radius 3 is 2.52 bits per heavy atom. The Kier molecular flexibility index (Phi) is 5.02. The van der Waals surface area contributed by atoms with Gasteiger partial charge in [0.15, 0.2) is 0 Å². The molecule has 0 saturated heterocycles. The Morgan fingerprint density at radius 1 is 1.33 bits per heavy atom. The molecule has 0 fully saturated rings. The number of hydrogen-bond donors (Lipinski definition) is 1. The molecule has 1 aromatic heterocycles. The SMILES string of the molecule is CCc1nn(CC)c(CC(C(=O)O)c2ccccc2)c1Cl. The highest BCUT2D eigenvalue weighted by molar-refractivity contribution is 6.31. The molecule has 1 heterocycles. The lowest BCUT2D eigenvalue weighted by molar-refractivity contribution is -0.138. The van der Waals surface area contributed by atoms with E-state index in [1.54, 1.807) is 4.68 Å². The van der Waals surface area contributed by atoms with Crippen molar-refractivity contribution < 1.29 is 9.90 Å². The molecule has 112 valence electrons. The molecular weight excluding hydrogens is 288 g/mol. The standard InChI is InChI=1S/C16H19ClN2O2/c1-3-13-15(17)14(19(4-2)18-13)10-12(16(20)21)11-8-6-5-7-9-11/h5-9,12H,3-4,10H2,1-2H3,(H,20,21). The van der Waals surface area contributed by atoms with E-state index in [-0.39, 0.29) is 0 Å². The summed E-state index contributed by atoms with van der Waals surface area (Å²) >= 11 is 6.37. The fourth-order valence-corrected chi connectivity index (χ4v) is 2.78. The van der Waals surface area contributed by atoms with Crippen molar-refractivity contribution in [1.82, 2.24) is 9.78 Å². The summed E-state index contributed by atoms with van der Waals surface area (Å²) in [5.41, 5.74) is 2.40. The van der Waals surface area contributed by atoms with Crippen molar-refractivity contribution in [2.24, 2.45) is 0 Å². The molecule has 2 rings (SSSR count). The molecule has 0 radical (unpaired) electrons. The number of benzene rings is 1. The smallest absolute Gasteiger partial charge is 0.311 e. The summed E-state index contributed by atoms with van der Waals surface area (Å²) in [4.78, 5) is 11.6. The van der Waals surface area contributed by atoms with Gasteiger partial charge in [0.1, 0.15) is 0 Å². The van der Waals surface area contributed by atoms with Crippen LogP contribution in [0.5, 0.6) is 0 Å². The van der Waals surface area contributed by atoms with Crippen LogP contribution >= 0.6 is 11.6 Å². The van der Waals surface area contributed by atoms with E-state index in [0.29, 0.717) is 18.0 Å². The average Bonchev–Trinajstić information content (AvgIpc) is 2.80. The number of rotatable bonds is 6. The zero-order chi connectivity index (χ0) is 15.4. The van der Waals surface area contributed by atoms with Crippen molar-refractivity contribution in [3.63, 3.8) is 0 Å². The Labute approximate surface area is 129 Å². The van der Waals surface area contributed by atoms with Gasteiger partial charge < -0.3 is 5.11 Å². The molecule has 1 atom stereocenters. The number of aryl methyl sites for hydroxylation is 2. The topological polar surface area (TPSA) is 55.1 Å². The molecule has 0 aliphatic carbocycles. The molecule has 1 aromatic carbocycles. The van der Waals surface area contributed by atoms with Gasteiger partial charge in [-0.2, -0.15) is 5.10 Å². The van der Waals surface area contributed by atoms with Crippen molar-refractivity contribution in [1.29, 1.82) is 0 Å². The van der Waals surface area contributed by atoms with E-state index < -0.39 is 11.9 Å². The van der Waals surface area contributed by atoms with Crippen LogP contribution in [0.4, 0.5) is 0 Å². The second-order valence-corrected chi connectivity index (χ2v) is 5.26. The van der Waals surface area contributed by atoms with Gasteiger partial charge in [-0.05, 0) is 18.9 Å². The van der Waals surface area contributed by atoms with Gasteiger partial charge in [0.2, 0.25) is 0 Å². The van der Waals surface area contributed by atoms with E-state index in [4.69, 9.17) is 11.6 Å². The number of hydrogen-bond acceptors (Lipinski definition) is 2. The first-order valence-corrected chi connectivity index (χ1v) is 7.48. The minimum Gasteiger partial charge on any atom is -0.481 e. The van der Waals surface area contributed by atoms with Crippen LogP contribution in [0.2, 0.25) is 5.02 Å². The maximum atomic E-state index is 11.6. The summed E-state index contributed by atoms with van der Waals surface area (Å²) in [7, 11) is 0. The zero-order valence-electron chi connectivity index (χ0n) is 12.2. The fourth-order valence-electron chi connectivity index (χ4n) is 2.44. The molecular formula is C16H19ClN2O2. The Morgan fingerprint density at radius 2 is 2.00 bits per heavy atom. The number of halogens is 1. The van der Waals surface area contributed by atoms with Crippen molar-refractivity contribution in [3.8, 4) is 0 Å². The van der Waals surface area contributed by atoms with Crippen LogP contribution in [0, 0.1) is 0 Å². The molecule has 5 heteroatoms. The molecule has 1 N–H and O–H groups in total. The highest BCUT2D eigenvalue weighted by Crippen LogP contribution is 2.28. The molecule has 21 heavy (non-hydrogen) atoms. The monoisotopic (exact) mass is 306 g/mol. The fraction of sp³-hybridized carbons (Fsp3) is 0.375. The lowest BCUT2D eigenvalue weighted by Crippen LogP contribution is -2.17. The van der Waals surface area contributed by atoms with Crippen LogP contribution in [-0.2, 0) is 24.2 Å². The number of carboxylic acid groups (broad SMARTS) is 1. The molecule has 1 unspecified atom stereocenters. The number of aromatic nitrogens is 2. The third-order valence-corrected chi connectivity index (χ3v) is 4.03. The van der Waals surface area contributed by atoms with Gasteiger partial charge in [-0.25, -0.2) is 0 Å². The van der Waals surface area contributed by atoms with Gasteiger partial charge in [-0.1, -0.05) is 48.9 Å². The van der Waals surface area contributed by atoms with E-state index in [9.17, 15) is 9.90 Å². The highest BCUT2D eigenvalue weighted by atomic mass is 35.5. The van der Waals surface area contributed by atoms with E-state index in [0.717, 1.165) is 23.4 Å². The summed E-state index contributed by atoms with van der Waals surface area (Å²) in [6, 6.07) is 9.24. The van der Waals surface area contributed by atoms with Gasteiger partial charge in [-0.15, -0.1) is 0 Å². The summed E-state index contributed by atoms with van der Waals surface area (Å²) in [6.45, 7) is 4.64. The van der Waals surface area contributed by atoms with Crippen molar-refractivity contribution in [2.45, 2.75) is 39.2 Å². The average molecular weight is 307 g/mol. The highest BCUT2D eigenvalue weighted by Gasteiger charge is 2.25. The van der Waals surface area contributed by atoms with Crippen LogP contribution in [-0.4, -0.2) is 20.9 Å². The lowest BCUT2D eigenvalue weighted by atomic mass is 9.94. The van der Waals surface area contributed by atoms with Crippen LogP contribution in [0.25, 0.3) is 0 Å². The minimum atomic E-state index is -0.848. The molecule has 0 saturated carbocycles. The van der Waals surface area contributed by atoms with E-state index >= 15 is 0 Å². The van der Waals surface area contributed by atoms with E-state index in [2.05, 4.69) is 5.10 Å². The zero-order valence-corrected chi connectivity index (χ0v) is 13.0. The largest absolute Gasteiger partial charge is 0.481 e. The van der Waals surface area contributed by atoms with Gasteiger partial charge in [0.05, 0.1) is 22.3 Å². The van der Waals surface area contributed by atoms with E-state index in [1.807, 2.05) is 44.2 Å². The van der Waals surface area contributed by atoms with Gasteiger partial charge in [0.25, 0.3) is 0 Å².